The molecule has 1 N–H and O–H groups in total. The predicted molar refractivity (Wildman–Crippen MR) is 90.1 cm³/mol. The number of hydrogen-bond donors (Lipinski definition) is 1. The van der Waals surface area contributed by atoms with Crippen LogP contribution in [0, 0.1) is 6.92 Å². The molecule has 1 atom stereocenters. The summed E-state index contributed by atoms with van der Waals surface area (Å²) in [5.41, 5.74) is 2.41. The Morgan fingerprint density at radius 2 is 2.13 bits per heavy atom. The molecule has 0 bridgehead atoms. The number of thiophene rings is 1. The third kappa shape index (κ3) is 4.04. The van der Waals surface area contributed by atoms with Crippen molar-refractivity contribution in [1.82, 2.24) is 20.1 Å². The molecule has 0 spiro atoms. The van der Waals surface area contributed by atoms with Crippen molar-refractivity contribution in [3.63, 3.8) is 0 Å². The zero-order valence-corrected chi connectivity index (χ0v) is 13.7. The third-order valence-corrected chi connectivity index (χ3v) is 4.74. The molecule has 6 heteroatoms. The van der Waals surface area contributed by atoms with Crippen molar-refractivity contribution in [2.24, 2.45) is 0 Å². The molecule has 0 fully saturated rings. The van der Waals surface area contributed by atoms with E-state index in [1.54, 1.807) is 17.7 Å². The first kappa shape index (κ1) is 15.4. The topological polar surface area (TPSA) is 59.8 Å². The van der Waals surface area contributed by atoms with Crippen LogP contribution in [-0.4, -0.2) is 20.7 Å². The lowest BCUT2D eigenvalue weighted by Crippen LogP contribution is -2.32. The van der Waals surface area contributed by atoms with Gasteiger partial charge in [0.05, 0.1) is 6.04 Å². The number of aromatic nitrogens is 3. The summed E-state index contributed by atoms with van der Waals surface area (Å²) in [5, 5.41) is 9.17. The molecular weight excluding hydrogens is 308 g/mol. The first-order valence-corrected chi connectivity index (χ1v) is 8.30. The summed E-state index contributed by atoms with van der Waals surface area (Å²) in [6, 6.07) is 12.3. The molecule has 0 aliphatic carbocycles. The van der Waals surface area contributed by atoms with Crippen LogP contribution >= 0.6 is 11.3 Å². The SMILES string of the molecule is Cc1ccsc1C(Cc1ccccc1)NC(=O)Cn1cncn1. The molecule has 118 valence electrons. The number of carbonyl (C=O) groups is 1. The quantitative estimate of drug-likeness (QED) is 0.758. The van der Waals surface area contributed by atoms with Crippen molar-refractivity contribution in [3.05, 3.63) is 70.4 Å². The van der Waals surface area contributed by atoms with Crippen LogP contribution in [-0.2, 0) is 17.8 Å². The predicted octanol–water partition coefficient (Wildman–Crippen LogP) is 2.75. The van der Waals surface area contributed by atoms with Crippen LogP contribution in [0.15, 0.2) is 54.4 Å². The number of nitrogens with one attached hydrogen (secondary N) is 1. The molecule has 1 amide bonds. The molecule has 1 unspecified atom stereocenters. The summed E-state index contributed by atoms with van der Waals surface area (Å²) in [5.74, 6) is -0.0655. The van der Waals surface area contributed by atoms with E-state index in [1.165, 1.54) is 27.0 Å². The van der Waals surface area contributed by atoms with Gasteiger partial charge in [0.15, 0.2) is 0 Å². The third-order valence-electron chi connectivity index (χ3n) is 3.61. The monoisotopic (exact) mass is 326 g/mol. The molecule has 2 heterocycles. The number of hydrogen-bond acceptors (Lipinski definition) is 4. The summed E-state index contributed by atoms with van der Waals surface area (Å²) >= 11 is 1.68. The summed E-state index contributed by atoms with van der Waals surface area (Å²) in [6.45, 7) is 2.25. The average molecular weight is 326 g/mol. The molecule has 5 nitrogen and oxygen atoms in total. The highest BCUT2D eigenvalue weighted by Gasteiger charge is 2.18. The second-order valence-corrected chi connectivity index (χ2v) is 6.32. The fraction of sp³-hybridized carbons (Fsp3) is 0.235. The van der Waals surface area contributed by atoms with Crippen molar-refractivity contribution in [2.75, 3.05) is 0 Å². The standard InChI is InChI=1S/C17H18N4OS/c1-13-7-8-23-17(13)15(9-14-5-3-2-4-6-14)20-16(22)10-21-12-18-11-19-21/h2-8,11-12,15H,9-10H2,1H3,(H,20,22). The van der Waals surface area contributed by atoms with Gasteiger partial charge in [-0.1, -0.05) is 30.3 Å². The zero-order chi connectivity index (χ0) is 16.1. The smallest absolute Gasteiger partial charge is 0.242 e. The fourth-order valence-electron chi connectivity index (χ4n) is 2.50. The van der Waals surface area contributed by atoms with Crippen LogP contribution in [0.1, 0.15) is 22.0 Å². The maximum absolute atomic E-state index is 12.3. The van der Waals surface area contributed by atoms with E-state index in [2.05, 4.69) is 45.9 Å². The molecule has 0 aliphatic heterocycles. The summed E-state index contributed by atoms with van der Waals surface area (Å²) in [7, 11) is 0. The lowest BCUT2D eigenvalue weighted by molar-refractivity contribution is -0.122. The summed E-state index contributed by atoms with van der Waals surface area (Å²) in [6.07, 6.45) is 3.74. The van der Waals surface area contributed by atoms with Crippen LogP contribution in [0.4, 0.5) is 0 Å². The molecule has 0 saturated heterocycles. The van der Waals surface area contributed by atoms with Gasteiger partial charge in [-0.2, -0.15) is 5.10 Å². The molecule has 2 aromatic heterocycles. The maximum atomic E-state index is 12.3. The van der Waals surface area contributed by atoms with Crippen molar-refractivity contribution in [3.8, 4) is 0 Å². The van der Waals surface area contributed by atoms with Gasteiger partial charge in [-0.05, 0) is 35.9 Å². The highest BCUT2D eigenvalue weighted by molar-refractivity contribution is 7.10. The number of benzene rings is 1. The van der Waals surface area contributed by atoms with Crippen molar-refractivity contribution < 1.29 is 4.79 Å². The number of carbonyl (C=O) groups excluding carboxylic acids is 1. The maximum Gasteiger partial charge on any atom is 0.242 e. The minimum atomic E-state index is -0.0655. The number of rotatable bonds is 6. The van der Waals surface area contributed by atoms with Gasteiger partial charge in [-0.3, -0.25) is 4.79 Å². The minimum Gasteiger partial charge on any atom is -0.347 e. The van der Waals surface area contributed by atoms with E-state index in [-0.39, 0.29) is 18.5 Å². The Hall–Kier alpha value is -2.47. The fourth-order valence-corrected chi connectivity index (χ4v) is 3.48. The van der Waals surface area contributed by atoms with E-state index < -0.39 is 0 Å². The largest absolute Gasteiger partial charge is 0.347 e. The Kier molecular flexibility index (Phi) is 4.83. The molecule has 0 radical (unpaired) electrons. The van der Waals surface area contributed by atoms with E-state index in [0.29, 0.717) is 0 Å². The summed E-state index contributed by atoms with van der Waals surface area (Å²) < 4.78 is 1.52. The first-order chi connectivity index (χ1) is 11.2. The second-order valence-electron chi connectivity index (χ2n) is 5.37. The molecule has 3 aromatic rings. The Bertz CT molecular complexity index is 752. The van der Waals surface area contributed by atoms with Crippen molar-refractivity contribution in [2.45, 2.75) is 25.9 Å². The van der Waals surface area contributed by atoms with E-state index >= 15 is 0 Å². The van der Waals surface area contributed by atoms with E-state index in [1.807, 2.05) is 18.2 Å². The highest BCUT2D eigenvalue weighted by atomic mass is 32.1. The van der Waals surface area contributed by atoms with Gasteiger partial charge in [0.2, 0.25) is 5.91 Å². The first-order valence-electron chi connectivity index (χ1n) is 7.42. The van der Waals surface area contributed by atoms with Gasteiger partial charge in [0.1, 0.15) is 19.2 Å². The Morgan fingerprint density at radius 1 is 1.30 bits per heavy atom. The molecule has 3 rings (SSSR count). The van der Waals surface area contributed by atoms with Crippen LogP contribution < -0.4 is 5.32 Å². The second kappa shape index (κ2) is 7.19. The lowest BCUT2D eigenvalue weighted by atomic mass is 10.0. The van der Waals surface area contributed by atoms with Gasteiger partial charge in [-0.25, -0.2) is 9.67 Å². The van der Waals surface area contributed by atoms with E-state index in [4.69, 9.17) is 0 Å². The Morgan fingerprint density at radius 3 is 2.78 bits per heavy atom. The van der Waals surface area contributed by atoms with E-state index in [9.17, 15) is 4.79 Å². The molecule has 1 aromatic carbocycles. The molecule has 0 saturated carbocycles. The normalized spacial score (nSPS) is 12.0. The van der Waals surface area contributed by atoms with Gasteiger partial charge in [0, 0.05) is 4.88 Å². The molecular formula is C17H18N4OS. The van der Waals surface area contributed by atoms with E-state index in [0.717, 1.165) is 6.42 Å². The lowest BCUT2D eigenvalue weighted by Gasteiger charge is -2.19. The number of aryl methyl sites for hydroxylation is 1. The van der Waals surface area contributed by atoms with Gasteiger partial charge >= 0.3 is 0 Å². The minimum absolute atomic E-state index is 0.0339. The zero-order valence-electron chi connectivity index (χ0n) is 12.8. The van der Waals surface area contributed by atoms with Crippen LogP contribution in [0.3, 0.4) is 0 Å². The Labute approximate surface area is 139 Å². The van der Waals surface area contributed by atoms with Crippen LogP contribution in [0.25, 0.3) is 0 Å². The number of amides is 1. The van der Waals surface area contributed by atoms with Crippen LogP contribution in [0.2, 0.25) is 0 Å². The molecule has 0 aliphatic rings. The average Bonchev–Trinajstić information content (AvgIpc) is 3.19. The summed E-state index contributed by atoms with van der Waals surface area (Å²) in [4.78, 5) is 17.4. The number of nitrogens with zero attached hydrogens (tertiary/aromatic N) is 3. The van der Waals surface area contributed by atoms with Crippen LogP contribution in [0.5, 0.6) is 0 Å². The Balaban J connectivity index is 1.75. The molecule has 23 heavy (non-hydrogen) atoms. The van der Waals surface area contributed by atoms with Gasteiger partial charge in [-0.15, -0.1) is 11.3 Å². The van der Waals surface area contributed by atoms with Crippen molar-refractivity contribution in [1.29, 1.82) is 0 Å². The highest BCUT2D eigenvalue weighted by Crippen LogP contribution is 2.27. The van der Waals surface area contributed by atoms with Crippen molar-refractivity contribution >= 4 is 17.2 Å². The van der Waals surface area contributed by atoms with Gasteiger partial charge in [0.25, 0.3) is 0 Å². The van der Waals surface area contributed by atoms with Gasteiger partial charge < -0.3 is 5.32 Å².